The molecular weight excluding hydrogens is 274 g/mol. The van der Waals surface area contributed by atoms with Crippen molar-refractivity contribution in [3.8, 4) is 11.5 Å². The highest BCUT2D eigenvalue weighted by atomic mass is 16.7. The van der Waals surface area contributed by atoms with Crippen LogP contribution >= 0.6 is 0 Å². The summed E-state index contributed by atoms with van der Waals surface area (Å²) in [5.74, 6) is 2.06. The second-order valence-electron chi connectivity index (χ2n) is 4.63. The molecule has 0 saturated heterocycles. The van der Waals surface area contributed by atoms with Crippen molar-refractivity contribution in [2.75, 3.05) is 18.7 Å². The van der Waals surface area contributed by atoms with Crippen molar-refractivity contribution in [1.82, 2.24) is 10.5 Å². The summed E-state index contributed by atoms with van der Waals surface area (Å²) in [6.45, 7) is 2.53. The number of amides is 2. The number of aromatic nitrogens is 1. The fourth-order valence-electron chi connectivity index (χ4n) is 1.98. The fraction of sp³-hybridized carbons (Fsp3) is 0.286. The number of carbonyl (C=O) groups excluding carboxylic acids is 1. The van der Waals surface area contributed by atoms with Gasteiger partial charge in [0.1, 0.15) is 5.76 Å². The van der Waals surface area contributed by atoms with Crippen LogP contribution in [0.3, 0.4) is 0 Å². The van der Waals surface area contributed by atoms with E-state index in [1.165, 1.54) is 0 Å². The normalized spacial score (nSPS) is 12.2. The van der Waals surface area contributed by atoms with Gasteiger partial charge >= 0.3 is 6.03 Å². The Bertz CT molecular complexity index is 653. The number of benzene rings is 1. The molecule has 3 rings (SSSR count). The molecule has 1 aliphatic rings. The number of nitrogens with one attached hydrogen (secondary N) is 2. The van der Waals surface area contributed by atoms with Gasteiger partial charge < -0.3 is 24.6 Å². The second-order valence-corrected chi connectivity index (χ2v) is 4.63. The Labute approximate surface area is 121 Å². The average Bonchev–Trinajstić information content (AvgIpc) is 3.07. The van der Waals surface area contributed by atoms with Gasteiger partial charge in [-0.1, -0.05) is 5.16 Å². The highest BCUT2D eigenvalue weighted by Gasteiger charge is 2.14. The van der Waals surface area contributed by atoms with Gasteiger partial charge in [-0.25, -0.2) is 4.79 Å². The number of nitrogens with zero attached hydrogens (tertiary/aromatic N) is 1. The number of aryl methyl sites for hydroxylation is 1. The van der Waals surface area contributed by atoms with Crippen LogP contribution < -0.4 is 20.1 Å². The van der Waals surface area contributed by atoms with Crippen LogP contribution in [-0.4, -0.2) is 24.5 Å². The molecule has 1 aromatic carbocycles. The lowest BCUT2D eigenvalue weighted by atomic mass is 10.3. The summed E-state index contributed by atoms with van der Waals surface area (Å²) in [6, 6.07) is 6.80. The lowest BCUT2D eigenvalue weighted by Gasteiger charge is -2.07. The van der Waals surface area contributed by atoms with Crippen molar-refractivity contribution in [3.05, 3.63) is 35.7 Å². The molecule has 1 aliphatic heterocycles. The standard InChI is InChI=1S/C14H15N3O4/c1-9-6-11(21-17-9)4-5-15-14(18)16-10-2-3-12-13(7-10)20-8-19-12/h2-3,6-7H,4-5,8H2,1H3,(H2,15,16,18). The quantitative estimate of drug-likeness (QED) is 0.900. The summed E-state index contributed by atoms with van der Waals surface area (Å²) in [4.78, 5) is 11.8. The topological polar surface area (TPSA) is 85.6 Å². The van der Waals surface area contributed by atoms with Crippen LogP contribution in [-0.2, 0) is 6.42 Å². The van der Waals surface area contributed by atoms with Crippen molar-refractivity contribution in [2.45, 2.75) is 13.3 Å². The summed E-state index contributed by atoms with van der Waals surface area (Å²) in [7, 11) is 0. The van der Waals surface area contributed by atoms with Crippen LogP contribution in [0.4, 0.5) is 10.5 Å². The molecule has 7 nitrogen and oxygen atoms in total. The monoisotopic (exact) mass is 289 g/mol. The van der Waals surface area contributed by atoms with Crippen LogP contribution in [0.15, 0.2) is 28.8 Å². The highest BCUT2D eigenvalue weighted by molar-refractivity contribution is 5.89. The maximum atomic E-state index is 11.8. The highest BCUT2D eigenvalue weighted by Crippen LogP contribution is 2.34. The van der Waals surface area contributed by atoms with Gasteiger partial charge in [0.25, 0.3) is 0 Å². The Morgan fingerprint density at radius 2 is 2.14 bits per heavy atom. The van der Waals surface area contributed by atoms with Gasteiger partial charge in [-0.15, -0.1) is 0 Å². The second kappa shape index (κ2) is 5.74. The number of urea groups is 1. The molecule has 0 unspecified atom stereocenters. The zero-order valence-corrected chi connectivity index (χ0v) is 11.5. The Balaban J connectivity index is 1.48. The molecule has 0 fully saturated rings. The van der Waals surface area contributed by atoms with E-state index in [1.54, 1.807) is 18.2 Å². The molecule has 0 spiro atoms. The first-order chi connectivity index (χ1) is 10.2. The lowest BCUT2D eigenvalue weighted by molar-refractivity contribution is 0.174. The van der Waals surface area contributed by atoms with E-state index in [-0.39, 0.29) is 12.8 Å². The van der Waals surface area contributed by atoms with Crippen LogP contribution in [0.1, 0.15) is 11.5 Å². The Hall–Kier alpha value is -2.70. The molecule has 2 aromatic rings. The minimum atomic E-state index is -0.287. The van der Waals surface area contributed by atoms with E-state index in [4.69, 9.17) is 14.0 Å². The number of carbonyl (C=O) groups is 1. The Morgan fingerprint density at radius 3 is 2.95 bits per heavy atom. The number of anilines is 1. The van der Waals surface area contributed by atoms with Crippen molar-refractivity contribution in [1.29, 1.82) is 0 Å². The molecule has 21 heavy (non-hydrogen) atoms. The molecule has 2 amide bonds. The van der Waals surface area contributed by atoms with Gasteiger partial charge in [-0.2, -0.15) is 0 Å². The Morgan fingerprint density at radius 1 is 1.29 bits per heavy atom. The summed E-state index contributed by atoms with van der Waals surface area (Å²) < 4.78 is 15.5. The molecule has 2 N–H and O–H groups in total. The number of ether oxygens (including phenoxy) is 2. The van der Waals surface area contributed by atoms with E-state index in [1.807, 2.05) is 13.0 Å². The van der Waals surface area contributed by atoms with E-state index in [0.29, 0.717) is 30.2 Å². The maximum Gasteiger partial charge on any atom is 0.319 e. The first kappa shape index (κ1) is 13.3. The summed E-state index contributed by atoms with van der Waals surface area (Å²) in [5.41, 5.74) is 1.47. The summed E-state index contributed by atoms with van der Waals surface area (Å²) >= 11 is 0. The number of fused-ring (bicyclic) bond motifs is 1. The summed E-state index contributed by atoms with van der Waals surface area (Å²) in [5, 5.41) is 9.26. The van der Waals surface area contributed by atoms with Gasteiger partial charge in [-0.05, 0) is 19.1 Å². The van der Waals surface area contributed by atoms with Crippen LogP contribution in [0.5, 0.6) is 11.5 Å². The molecule has 1 aromatic heterocycles. The molecule has 0 radical (unpaired) electrons. The summed E-state index contributed by atoms with van der Waals surface area (Å²) in [6.07, 6.45) is 0.593. The Kier molecular flexibility index (Phi) is 3.63. The van der Waals surface area contributed by atoms with Gasteiger partial charge in [0.2, 0.25) is 6.79 Å². The number of hydrogen-bond donors (Lipinski definition) is 2. The smallest absolute Gasteiger partial charge is 0.319 e. The largest absolute Gasteiger partial charge is 0.454 e. The molecule has 2 heterocycles. The van der Waals surface area contributed by atoms with E-state index >= 15 is 0 Å². The fourth-order valence-corrected chi connectivity index (χ4v) is 1.98. The van der Waals surface area contributed by atoms with Crippen molar-refractivity contribution >= 4 is 11.7 Å². The van der Waals surface area contributed by atoms with Gasteiger partial charge in [0.15, 0.2) is 11.5 Å². The predicted octanol–water partition coefficient (Wildman–Crippen LogP) is 2.08. The number of rotatable bonds is 4. The zero-order valence-electron chi connectivity index (χ0n) is 11.5. The molecule has 0 atom stereocenters. The van der Waals surface area contributed by atoms with Crippen LogP contribution in [0, 0.1) is 6.92 Å². The maximum absolute atomic E-state index is 11.8. The van der Waals surface area contributed by atoms with Crippen LogP contribution in [0.2, 0.25) is 0 Å². The first-order valence-corrected chi connectivity index (χ1v) is 6.57. The SMILES string of the molecule is Cc1cc(CCNC(=O)Nc2ccc3c(c2)OCO3)on1. The average molecular weight is 289 g/mol. The van der Waals surface area contributed by atoms with E-state index < -0.39 is 0 Å². The predicted molar refractivity (Wildman–Crippen MR) is 74.5 cm³/mol. The minimum absolute atomic E-state index is 0.210. The third-order valence-electron chi connectivity index (χ3n) is 2.96. The van der Waals surface area contributed by atoms with Crippen LogP contribution in [0.25, 0.3) is 0 Å². The van der Waals surface area contributed by atoms with E-state index in [9.17, 15) is 4.79 Å². The first-order valence-electron chi connectivity index (χ1n) is 6.57. The van der Waals surface area contributed by atoms with Gasteiger partial charge in [0, 0.05) is 30.8 Å². The third-order valence-corrected chi connectivity index (χ3v) is 2.96. The van der Waals surface area contributed by atoms with Crippen molar-refractivity contribution in [2.24, 2.45) is 0 Å². The van der Waals surface area contributed by atoms with E-state index in [2.05, 4.69) is 15.8 Å². The third kappa shape index (κ3) is 3.25. The number of hydrogen-bond acceptors (Lipinski definition) is 5. The zero-order chi connectivity index (χ0) is 14.7. The lowest BCUT2D eigenvalue weighted by Crippen LogP contribution is -2.30. The molecule has 0 saturated carbocycles. The molecule has 110 valence electrons. The van der Waals surface area contributed by atoms with Crippen molar-refractivity contribution < 1.29 is 18.8 Å². The minimum Gasteiger partial charge on any atom is -0.454 e. The molecular formula is C14H15N3O4. The van der Waals surface area contributed by atoms with E-state index in [0.717, 1.165) is 11.5 Å². The van der Waals surface area contributed by atoms with Gasteiger partial charge in [-0.3, -0.25) is 0 Å². The molecule has 0 aliphatic carbocycles. The van der Waals surface area contributed by atoms with Gasteiger partial charge in [0.05, 0.1) is 5.69 Å². The molecule has 0 bridgehead atoms. The van der Waals surface area contributed by atoms with Crippen molar-refractivity contribution in [3.63, 3.8) is 0 Å². The molecule has 7 heteroatoms.